The Balaban J connectivity index is 1.45. The lowest BCUT2D eigenvalue weighted by molar-refractivity contribution is -0.121. The number of hydrogen-bond donors (Lipinski definition) is 3. The van der Waals surface area contributed by atoms with Gasteiger partial charge in [-0.25, -0.2) is 0 Å². The number of carbonyl (C=O) groups is 2. The van der Waals surface area contributed by atoms with Gasteiger partial charge in [0.25, 0.3) is 0 Å². The van der Waals surface area contributed by atoms with E-state index in [-0.39, 0.29) is 24.3 Å². The molecular formula is C26H27N3O2. The van der Waals surface area contributed by atoms with Gasteiger partial charge < -0.3 is 10.7 Å². The predicted molar refractivity (Wildman–Crippen MR) is 124 cm³/mol. The Morgan fingerprint density at radius 2 is 1.39 bits per heavy atom. The second kappa shape index (κ2) is 10.8. The molecular weight excluding hydrogens is 386 g/mol. The van der Waals surface area contributed by atoms with Crippen molar-refractivity contribution < 1.29 is 9.59 Å². The van der Waals surface area contributed by atoms with Gasteiger partial charge in [-0.1, -0.05) is 84.9 Å². The molecule has 3 aromatic carbocycles. The van der Waals surface area contributed by atoms with E-state index in [0.717, 1.165) is 22.3 Å². The van der Waals surface area contributed by atoms with Gasteiger partial charge in [0.1, 0.15) is 0 Å². The first-order valence-electron chi connectivity index (χ1n) is 10.2. The van der Waals surface area contributed by atoms with Crippen molar-refractivity contribution in [2.75, 3.05) is 0 Å². The van der Waals surface area contributed by atoms with Gasteiger partial charge in [0.15, 0.2) is 0 Å². The van der Waals surface area contributed by atoms with E-state index in [0.29, 0.717) is 5.70 Å². The van der Waals surface area contributed by atoms with Gasteiger partial charge in [0.05, 0.1) is 12.5 Å². The van der Waals surface area contributed by atoms with Crippen LogP contribution < -0.4 is 16.2 Å². The number of benzene rings is 3. The fourth-order valence-electron chi connectivity index (χ4n) is 3.16. The first kappa shape index (κ1) is 21.8. The molecule has 0 fully saturated rings. The maximum Gasteiger partial charge on any atom is 0.246 e. The first-order valence-corrected chi connectivity index (χ1v) is 10.2. The largest absolute Gasteiger partial charge is 0.346 e. The third-order valence-electron chi connectivity index (χ3n) is 4.83. The van der Waals surface area contributed by atoms with Crippen molar-refractivity contribution in [3.05, 3.63) is 108 Å². The summed E-state index contributed by atoms with van der Waals surface area (Å²) in [6.45, 7) is 3.65. The molecule has 5 heteroatoms. The smallest absolute Gasteiger partial charge is 0.246 e. The van der Waals surface area contributed by atoms with Gasteiger partial charge in [-0.05, 0) is 36.1 Å². The van der Waals surface area contributed by atoms with Crippen molar-refractivity contribution in [3.63, 3.8) is 0 Å². The molecule has 0 aromatic heterocycles. The highest BCUT2D eigenvalue weighted by atomic mass is 16.2. The molecule has 5 nitrogen and oxygen atoms in total. The summed E-state index contributed by atoms with van der Waals surface area (Å²) in [6, 6.07) is 27.6. The molecule has 0 spiro atoms. The Hall–Kier alpha value is -3.86. The molecule has 0 saturated heterocycles. The van der Waals surface area contributed by atoms with E-state index in [1.165, 1.54) is 6.08 Å². The van der Waals surface area contributed by atoms with Crippen molar-refractivity contribution in [2.24, 2.45) is 0 Å². The number of hydrazine groups is 1. The molecule has 0 bridgehead atoms. The van der Waals surface area contributed by atoms with Gasteiger partial charge in [-0.15, -0.1) is 0 Å². The highest BCUT2D eigenvalue weighted by Crippen LogP contribution is 2.19. The molecule has 3 N–H and O–H groups in total. The summed E-state index contributed by atoms with van der Waals surface area (Å²) in [6.07, 6.45) is 1.67. The van der Waals surface area contributed by atoms with Gasteiger partial charge >= 0.3 is 0 Å². The van der Waals surface area contributed by atoms with Crippen LogP contribution in [-0.4, -0.2) is 11.8 Å². The second-order valence-electron chi connectivity index (χ2n) is 7.38. The van der Waals surface area contributed by atoms with E-state index in [9.17, 15) is 9.59 Å². The first-order chi connectivity index (χ1) is 15.0. The summed E-state index contributed by atoms with van der Waals surface area (Å²) in [5, 5.41) is 2.91. The Morgan fingerprint density at radius 1 is 0.806 bits per heavy atom. The normalized spacial score (nSPS) is 12.0. The van der Waals surface area contributed by atoms with Crippen molar-refractivity contribution in [1.82, 2.24) is 16.2 Å². The van der Waals surface area contributed by atoms with E-state index >= 15 is 0 Å². The molecule has 3 rings (SSSR count). The van der Waals surface area contributed by atoms with Crippen LogP contribution in [0.2, 0.25) is 0 Å². The minimum Gasteiger partial charge on any atom is -0.346 e. The zero-order valence-corrected chi connectivity index (χ0v) is 17.8. The van der Waals surface area contributed by atoms with E-state index in [2.05, 4.69) is 28.3 Å². The number of nitrogens with one attached hydrogen (secondary N) is 3. The average Bonchev–Trinajstić information content (AvgIpc) is 2.79. The molecule has 1 atom stereocenters. The van der Waals surface area contributed by atoms with Crippen molar-refractivity contribution in [1.29, 1.82) is 0 Å². The minimum atomic E-state index is -0.230. The van der Waals surface area contributed by atoms with Crippen molar-refractivity contribution in [2.45, 2.75) is 26.3 Å². The zero-order valence-electron chi connectivity index (χ0n) is 17.8. The average molecular weight is 414 g/mol. The van der Waals surface area contributed by atoms with E-state index in [1.54, 1.807) is 6.92 Å². The SMILES string of the molecule is CC(=CC(=O)NC(C)c1ccccc1)NNC(=O)Cc1ccc(-c2ccccc2)cc1. The molecule has 0 heterocycles. The monoisotopic (exact) mass is 413 g/mol. The lowest BCUT2D eigenvalue weighted by atomic mass is 10.0. The quantitative estimate of drug-likeness (QED) is 0.381. The molecule has 0 aliphatic carbocycles. The van der Waals surface area contributed by atoms with Gasteiger partial charge in [-0.3, -0.25) is 15.0 Å². The minimum absolute atomic E-state index is 0.105. The standard InChI is InChI=1S/C26H27N3O2/c1-19(17-25(30)27-20(2)22-9-5-3-6-10-22)28-29-26(31)18-21-13-15-24(16-14-21)23-11-7-4-8-12-23/h3-17,20,28H,18H2,1-2H3,(H,27,30)(H,29,31). The summed E-state index contributed by atoms with van der Waals surface area (Å²) < 4.78 is 0. The molecule has 3 aromatic rings. The van der Waals surface area contributed by atoms with Crippen LogP contribution in [0.25, 0.3) is 11.1 Å². The number of hydrogen-bond acceptors (Lipinski definition) is 3. The highest BCUT2D eigenvalue weighted by molar-refractivity contribution is 5.88. The fraction of sp³-hybridized carbons (Fsp3) is 0.154. The third-order valence-corrected chi connectivity index (χ3v) is 4.83. The molecule has 158 valence electrons. The van der Waals surface area contributed by atoms with Crippen molar-refractivity contribution >= 4 is 11.8 Å². The van der Waals surface area contributed by atoms with E-state index in [4.69, 9.17) is 0 Å². The van der Waals surface area contributed by atoms with Crippen LogP contribution in [0.15, 0.2) is 96.7 Å². The number of allylic oxidation sites excluding steroid dienone is 1. The topological polar surface area (TPSA) is 70.2 Å². The Kier molecular flexibility index (Phi) is 7.60. The molecule has 31 heavy (non-hydrogen) atoms. The predicted octanol–water partition coefficient (Wildman–Crippen LogP) is 4.30. The van der Waals surface area contributed by atoms with Crippen LogP contribution in [-0.2, 0) is 16.0 Å². The lowest BCUT2D eigenvalue weighted by Crippen LogP contribution is -2.37. The molecule has 0 aliphatic rings. The van der Waals surface area contributed by atoms with Gasteiger partial charge in [-0.2, -0.15) is 0 Å². The molecule has 0 saturated carbocycles. The number of carbonyl (C=O) groups excluding carboxylic acids is 2. The molecule has 1 unspecified atom stereocenters. The van der Waals surface area contributed by atoms with Crippen LogP contribution in [0.5, 0.6) is 0 Å². The maximum absolute atomic E-state index is 12.2. The summed E-state index contributed by atoms with van der Waals surface area (Å²) in [4.78, 5) is 24.4. The van der Waals surface area contributed by atoms with Crippen LogP contribution >= 0.6 is 0 Å². The van der Waals surface area contributed by atoms with E-state index < -0.39 is 0 Å². The lowest BCUT2D eigenvalue weighted by Gasteiger charge is -2.14. The highest BCUT2D eigenvalue weighted by Gasteiger charge is 2.08. The summed E-state index contributed by atoms with van der Waals surface area (Å²) in [7, 11) is 0. The maximum atomic E-state index is 12.2. The molecule has 0 aliphatic heterocycles. The van der Waals surface area contributed by atoms with Gasteiger partial charge in [0.2, 0.25) is 11.8 Å². The van der Waals surface area contributed by atoms with Crippen molar-refractivity contribution in [3.8, 4) is 11.1 Å². The Bertz CT molecular complexity index is 1030. The second-order valence-corrected chi connectivity index (χ2v) is 7.38. The Morgan fingerprint density at radius 3 is 2.03 bits per heavy atom. The summed E-state index contributed by atoms with van der Waals surface area (Å²) in [5.41, 5.74) is 10.2. The third kappa shape index (κ3) is 6.85. The van der Waals surface area contributed by atoms with Crippen LogP contribution in [0, 0.1) is 0 Å². The van der Waals surface area contributed by atoms with Crippen LogP contribution in [0.3, 0.4) is 0 Å². The summed E-state index contributed by atoms with van der Waals surface area (Å²) in [5.74, 6) is -0.412. The van der Waals surface area contributed by atoms with E-state index in [1.807, 2.05) is 79.7 Å². The number of rotatable bonds is 8. The summed E-state index contributed by atoms with van der Waals surface area (Å²) >= 11 is 0. The van der Waals surface area contributed by atoms with Gasteiger partial charge in [0, 0.05) is 11.8 Å². The van der Waals surface area contributed by atoms with Crippen LogP contribution in [0.4, 0.5) is 0 Å². The number of amides is 2. The Labute approximate surface area is 183 Å². The van der Waals surface area contributed by atoms with Crippen LogP contribution in [0.1, 0.15) is 31.0 Å². The zero-order chi connectivity index (χ0) is 22.1. The molecule has 0 radical (unpaired) electrons. The fourth-order valence-corrected chi connectivity index (χ4v) is 3.16. The molecule has 2 amide bonds.